The van der Waals surface area contributed by atoms with Gasteiger partial charge in [-0.05, 0) is 30.5 Å². The summed E-state index contributed by atoms with van der Waals surface area (Å²) in [5, 5.41) is 9.87. The molecule has 0 atom stereocenters. The van der Waals surface area contributed by atoms with Gasteiger partial charge in [-0.1, -0.05) is 17.8 Å². The summed E-state index contributed by atoms with van der Waals surface area (Å²) in [7, 11) is 0. The van der Waals surface area contributed by atoms with Crippen LogP contribution in [-0.2, 0) is 5.60 Å². The van der Waals surface area contributed by atoms with Crippen molar-refractivity contribution in [3.8, 4) is 5.75 Å². The molecule has 0 saturated heterocycles. The molecular weight excluding hydrogens is 184 g/mol. The lowest BCUT2D eigenvalue weighted by molar-refractivity contribution is 0.151. The van der Waals surface area contributed by atoms with Crippen molar-refractivity contribution in [1.82, 2.24) is 0 Å². The van der Waals surface area contributed by atoms with Gasteiger partial charge >= 0.3 is 0 Å². The van der Waals surface area contributed by atoms with E-state index in [1.54, 1.807) is 11.8 Å². The second kappa shape index (κ2) is 2.42. The van der Waals surface area contributed by atoms with E-state index in [0.29, 0.717) is 5.94 Å². The molecule has 1 saturated carbocycles. The molecule has 2 nitrogen and oxygen atoms in total. The Bertz CT molecular complexity index is 358. The summed E-state index contributed by atoms with van der Waals surface area (Å²) >= 11 is 1.70. The minimum Gasteiger partial charge on any atom is -0.481 e. The summed E-state index contributed by atoms with van der Waals surface area (Å²) in [6.45, 7) is 0. The van der Waals surface area contributed by atoms with Crippen LogP contribution in [0.15, 0.2) is 23.1 Å². The topological polar surface area (TPSA) is 29.5 Å². The Morgan fingerprint density at radius 3 is 3.00 bits per heavy atom. The summed E-state index contributed by atoms with van der Waals surface area (Å²) in [5.74, 6) is 1.64. The van der Waals surface area contributed by atoms with E-state index in [2.05, 4.69) is 0 Å². The summed E-state index contributed by atoms with van der Waals surface area (Å²) in [6, 6.07) is 6.02. The van der Waals surface area contributed by atoms with E-state index in [9.17, 15) is 5.11 Å². The number of fused-ring (bicyclic) bond motifs is 1. The van der Waals surface area contributed by atoms with Gasteiger partial charge in [0.05, 0.1) is 10.5 Å². The van der Waals surface area contributed by atoms with Gasteiger partial charge in [0.2, 0.25) is 0 Å². The van der Waals surface area contributed by atoms with Crippen LogP contribution in [0.2, 0.25) is 0 Å². The second-order valence-corrected chi connectivity index (χ2v) is 4.56. The molecule has 0 amide bonds. The van der Waals surface area contributed by atoms with E-state index in [0.717, 1.165) is 24.2 Å². The van der Waals surface area contributed by atoms with Gasteiger partial charge in [-0.3, -0.25) is 0 Å². The Balaban J connectivity index is 2.05. The quantitative estimate of drug-likeness (QED) is 0.742. The molecule has 0 aromatic heterocycles. The van der Waals surface area contributed by atoms with Crippen LogP contribution in [0.25, 0.3) is 0 Å². The number of benzene rings is 1. The van der Waals surface area contributed by atoms with E-state index in [1.807, 2.05) is 18.2 Å². The standard InChI is InChI=1S/C10H10O2S/c11-10(3-4-10)7-1-2-9-8(5-7)12-6-13-9/h1-2,5,11H,3-4,6H2. The number of hydrogen-bond donors (Lipinski definition) is 1. The first-order chi connectivity index (χ1) is 6.28. The van der Waals surface area contributed by atoms with Crippen LogP contribution in [0.3, 0.4) is 0 Å². The second-order valence-electron chi connectivity index (χ2n) is 3.60. The van der Waals surface area contributed by atoms with Crippen LogP contribution >= 0.6 is 11.8 Å². The highest BCUT2D eigenvalue weighted by Crippen LogP contribution is 2.48. The maximum absolute atomic E-state index is 9.87. The van der Waals surface area contributed by atoms with E-state index < -0.39 is 5.60 Å². The van der Waals surface area contributed by atoms with Crippen molar-refractivity contribution in [2.24, 2.45) is 0 Å². The normalized spacial score (nSPS) is 22.2. The molecule has 0 bridgehead atoms. The predicted molar refractivity (Wildman–Crippen MR) is 50.9 cm³/mol. The third-order valence-corrected chi connectivity index (χ3v) is 3.52. The van der Waals surface area contributed by atoms with Crippen molar-refractivity contribution >= 4 is 11.8 Å². The maximum Gasteiger partial charge on any atom is 0.138 e. The van der Waals surface area contributed by atoms with E-state index in [-0.39, 0.29) is 0 Å². The number of rotatable bonds is 1. The minimum absolute atomic E-state index is 0.536. The largest absolute Gasteiger partial charge is 0.481 e. The predicted octanol–water partition coefficient (Wildman–Crippen LogP) is 2.11. The fourth-order valence-electron chi connectivity index (χ4n) is 1.59. The Morgan fingerprint density at radius 2 is 2.23 bits per heavy atom. The molecule has 1 fully saturated rings. The van der Waals surface area contributed by atoms with E-state index in [4.69, 9.17) is 4.74 Å². The lowest BCUT2D eigenvalue weighted by Gasteiger charge is -2.08. The first kappa shape index (κ1) is 7.71. The van der Waals surface area contributed by atoms with E-state index in [1.165, 1.54) is 4.90 Å². The maximum atomic E-state index is 9.87. The Kier molecular flexibility index (Phi) is 1.44. The van der Waals surface area contributed by atoms with Gasteiger partial charge in [0.1, 0.15) is 11.7 Å². The number of thioether (sulfide) groups is 1. The molecule has 1 aliphatic carbocycles. The van der Waals surface area contributed by atoms with Gasteiger partial charge in [-0.15, -0.1) is 0 Å². The molecule has 2 aliphatic rings. The zero-order chi connectivity index (χ0) is 8.89. The summed E-state index contributed by atoms with van der Waals surface area (Å²) in [4.78, 5) is 1.19. The fraction of sp³-hybridized carbons (Fsp3) is 0.400. The first-order valence-electron chi connectivity index (χ1n) is 4.40. The molecule has 13 heavy (non-hydrogen) atoms. The van der Waals surface area contributed by atoms with Crippen molar-refractivity contribution in [2.75, 3.05) is 5.94 Å². The third kappa shape index (κ3) is 1.15. The molecule has 3 heteroatoms. The Labute approximate surface area is 80.9 Å². The number of hydrogen-bond acceptors (Lipinski definition) is 3. The van der Waals surface area contributed by atoms with Crippen molar-refractivity contribution < 1.29 is 9.84 Å². The summed E-state index contributed by atoms with van der Waals surface area (Å²) < 4.78 is 5.41. The highest BCUT2D eigenvalue weighted by molar-refractivity contribution is 7.99. The first-order valence-corrected chi connectivity index (χ1v) is 5.39. The van der Waals surface area contributed by atoms with Gasteiger partial charge in [0, 0.05) is 0 Å². The molecule has 0 spiro atoms. The molecule has 3 rings (SSSR count). The highest BCUT2D eigenvalue weighted by atomic mass is 32.2. The van der Waals surface area contributed by atoms with Crippen molar-refractivity contribution in [2.45, 2.75) is 23.3 Å². The molecule has 1 heterocycles. The molecule has 1 aromatic rings. The van der Waals surface area contributed by atoms with Crippen LogP contribution in [0, 0.1) is 0 Å². The zero-order valence-electron chi connectivity index (χ0n) is 7.12. The molecular formula is C10H10O2S. The molecule has 0 radical (unpaired) electrons. The third-order valence-electron chi connectivity index (χ3n) is 2.63. The van der Waals surface area contributed by atoms with E-state index >= 15 is 0 Å². The number of aliphatic hydroxyl groups is 1. The Morgan fingerprint density at radius 1 is 1.38 bits per heavy atom. The average Bonchev–Trinajstić information content (AvgIpc) is 2.74. The van der Waals surface area contributed by atoms with Gasteiger partial charge < -0.3 is 9.84 Å². The van der Waals surface area contributed by atoms with Crippen LogP contribution < -0.4 is 4.74 Å². The van der Waals surface area contributed by atoms with Crippen LogP contribution in [0.1, 0.15) is 18.4 Å². The van der Waals surface area contributed by atoms with Gasteiger partial charge in [-0.25, -0.2) is 0 Å². The summed E-state index contributed by atoms with van der Waals surface area (Å²) in [5.41, 5.74) is 0.472. The zero-order valence-corrected chi connectivity index (χ0v) is 7.93. The smallest absolute Gasteiger partial charge is 0.138 e. The van der Waals surface area contributed by atoms with Crippen molar-refractivity contribution in [3.05, 3.63) is 23.8 Å². The van der Waals surface area contributed by atoms with Gasteiger partial charge in [-0.2, -0.15) is 0 Å². The lowest BCUT2D eigenvalue weighted by atomic mass is 10.1. The van der Waals surface area contributed by atoms with Crippen LogP contribution in [0.4, 0.5) is 0 Å². The lowest BCUT2D eigenvalue weighted by Crippen LogP contribution is -2.03. The van der Waals surface area contributed by atoms with Crippen molar-refractivity contribution in [3.63, 3.8) is 0 Å². The van der Waals surface area contributed by atoms with Crippen LogP contribution in [0.5, 0.6) is 5.75 Å². The average molecular weight is 194 g/mol. The number of ether oxygens (including phenoxy) is 1. The monoisotopic (exact) mass is 194 g/mol. The highest BCUT2D eigenvalue weighted by Gasteiger charge is 2.42. The van der Waals surface area contributed by atoms with Crippen molar-refractivity contribution in [1.29, 1.82) is 0 Å². The minimum atomic E-state index is -0.536. The molecule has 1 N–H and O–H groups in total. The SMILES string of the molecule is OC1(c2ccc3c(c2)OCS3)CC1. The van der Waals surface area contributed by atoms with Gasteiger partial charge in [0.25, 0.3) is 0 Å². The molecule has 1 aromatic carbocycles. The molecule has 68 valence electrons. The fourth-order valence-corrected chi connectivity index (χ4v) is 2.33. The van der Waals surface area contributed by atoms with Crippen LogP contribution in [-0.4, -0.2) is 11.0 Å². The summed E-state index contributed by atoms with van der Waals surface area (Å²) in [6.07, 6.45) is 1.78. The molecule has 1 aliphatic heterocycles. The van der Waals surface area contributed by atoms with Gasteiger partial charge in [0.15, 0.2) is 0 Å². The molecule has 0 unspecified atom stereocenters. The Hall–Kier alpha value is -0.670.